The number of ether oxygens (including phenoxy) is 1. The Morgan fingerprint density at radius 2 is 1.53 bits per heavy atom. The fourth-order valence-corrected chi connectivity index (χ4v) is 4.67. The zero-order chi connectivity index (χ0) is 26.8. The van der Waals surface area contributed by atoms with Gasteiger partial charge in [0.25, 0.3) is 0 Å². The molecule has 1 aliphatic heterocycles. The molecular weight excluding hydrogens is 480 g/mol. The average molecular weight is 517 g/mol. The molecular formula is C30H36N4O4. The van der Waals surface area contributed by atoms with Crippen LogP contribution in [0.4, 0.5) is 4.79 Å². The number of carbonyl (C=O) groups excluding carboxylic acids is 1. The molecule has 1 saturated heterocycles. The molecule has 2 amide bonds. The summed E-state index contributed by atoms with van der Waals surface area (Å²) in [5, 5.41) is 32.3. The molecule has 3 aromatic rings. The fourth-order valence-electron chi connectivity index (χ4n) is 4.67. The lowest BCUT2D eigenvalue weighted by atomic mass is 10.0. The summed E-state index contributed by atoms with van der Waals surface area (Å²) in [4.78, 5) is 14.8. The van der Waals surface area contributed by atoms with E-state index in [2.05, 4.69) is 10.4 Å². The predicted molar refractivity (Wildman–Crippen MR) is 145 cm³/mol. The van der Waals surface area contributed by atoms with Crippen LogP contribution < -0.4 is 10.4 Å². The van der Waals surface area contributed by atoms with Gasteiger partial charge in [0.15, 0.2) is 0 Å². The van der Waals surface area contributed by atoms with Gasteiger partial charge in [-0.15, -0.1) is 0 Å². The van der Waals surface area contributed by atoms with E-state index in [-0.39, 0.29) is 23.1 Å². The van der Waals surface area contributed by atoms with Crippen LogP contribution >= 0.6 is 0 Å². The molecule has 1 heterocycles. The minimum atomic E-state index is -0.971. The first kappa shape index (κ1) is 27.3. The van der Waals surface area contributed by atoms with Gasteiger partial charge in [0.2, 0.25) is 0 Å². The Labute approximate surface area is 224 Å². The maximum Gasteiger partial charge on any atom is 0.317 e. The third-order valence-electron chi connectivity index (χ3n) is 6.67. The zero-order valence-electron chi connectivity index (χ0n) is 21.8. The Kier molecular flexibility index (Phi) is 9.48. The van der Waals surface area contributed by atoms with E-state index in [9.17, 15) is 15.0 Å². The number of rotatable bonds is 10. The van der Waals surface area contributed by atoms with E-state index in [1.165, 1.54) is 0 Å². The van der Waals surface area contributed by atoms with Crippen molar-refractivity contribution in [1.82, 2.24) is 10.2 Å². The van der Waals surface area contributed by atoms with Gasteiger partial charge in [-0.1, -0.05) is 96.1 Å². The molecule has 3 aromatic carbocycles. The molecule has 1 fully saturated rings. The third-order valence-corrected chi connectivity index (χ3v) is 6.67. The number of hydrogen-bond acceptors (Lipinski definition) is 5. The van der Waals surface area contributed by atoms with Crippen molar-refractivity contribution in [3.05, 3.63) is 108 Å². The van der Waals surface area contributed by atoms with E-state index < -0.39 is 12.1 Å². The lowest BCUT2D eigenvalue weighted by Crippen LogP contribution is -2.57. The number of carbonyl (C=O) groups is 1. The number of urea groups is 1. The summed E-state index contributed by atoms with van der Waals surface area (Å²) in [6, 6.07) is 27.6. The molecule has 38 heavy (non-hydrogen) atoms. The maximum atomic E-state index is 13.1. The van der Waals surface area contributed by atoms with Crippen molar-refractivity contribution >= 4 is 11.9 Å². The molecule has 8 nitrogen and oxygen atoms in total. The summed E-state index contributed by atoms with van der Waals surface area (Å²) in [6.07, 6.45) is -0.531. The standard InChI is InChI=1S/C30H36N4O4/c1-34(22-25-13-7-3-8-14-25,32-29(36)26-15-9-4-10-16-26)23-28(35)27(21-24-11-5-2-6-12-24)31-30(37)33-17-19-38-20-18-33/h2-16,27-28,35H,17-23H2,1H3,(H-,31,32,36,37)/t27-,28-,34?/m0/s1. The first-order valence-corrected chi connectivity index (χ1v) is 13.0. The van der Waals surface area contributed by atoms with Gasteiger partial charge in [-0.05, 0) is 17.5 Å². The highest BCUT2D eigenvalue weighted by Gasteiger charge is 2.33. The molecule has 200 valence electrons. The number of hydrogen-bond donors (Lipinski definition) is 2. The maximum absolute atomic E-state index is 13.1. The van der Waals surface area contributed by atoms with Crippen molar-refractivity contribution in [1.29, 1.82) is 0 Å². The molecule has 0 bridgehead atoms. The summed E-state index contributed by atoms with van der Waals surface area (Å²) in [6.45, 7) is 2.53. The molecule has 8 heteroatoms. The molecule has 0 aromatic heterocycles. The number of amides is 2. The number of aliphatic hydroxyl groups is 1. The van der Waals surface area contributed by atoms with Crippen LogP contribution in [0.15, 0.2) is 96.1 Å². The highest BCUT2D eigenvalue weighted by Crippen LogP contribution is 2.18. The van der Waals surface area contributed by atoms with Crippen LogP contribution in [0.1, 0.15) is 16.7 Å². The number of quaternary nitrogens is 1. The van der Waals surface area contributed by atoms with E-state index in [1.54, 1.807) is 29.2 Å². The van der Waals surface area contributed by atoms with Crippen LogP contribution in [0.5, 0.6) is 0 Å². The third kappa shape index (κ3) is 7.89. The van der Waals surface area contributed by atoms with Crippen molar-refractivity contribution in [3.8, 4) is 0 Å². The number of benzene rings is 3. The molecule has 3 atom stereocenters. The Balaban J connectivity index is 1.59. The van der Waals surface area contributed by atoms with E-state index in [0.29, 0.717) is 44.8 Å². The lowest BCUT2D eigenvalue weighted by molar-refractivity contribution is -0.933. The van der Waals surface area contributed by atoms with Gasteiger partial charge in [-0.3, -0.25) is 0 Å². The Morgan fingerprint density at radius 1 is 0.974 bits per heavy atom. The number of nitrogens with one attached hydrogen (secondary N) is 1. The fraction of sp³-hybridized carbons (Fsp3) is 0.333. The van der Waals surface area contributed by atoms with E-state index >= 15 is 0 Å². The molecule has 0 aliphatic carbocycles. The van der Waals surface area contributed by atoms with Gasteiger partial charge in [-0.25, -0.2) is 4.79 Å². The smallest absolute Gasteiger partial charge is 0.317 e. The highest BCUT2D eigenvalue weighted by atomic mass is 16.5. The zero-order valence-corrected chi connectivity index (χ0v) is 21.8. The molecule has 0 spiro atoms. The molecule has 0 saturated carbocycles. The topological polar surface area (TPSA) is 97.2 Å². The second-order valence-electron chi connectivity index (χ2n) is 9.85. The highest BCUT2D eigenvalue weighted by molar-refractivity contribution is 5.89. The van der Waals surface area contributed by atoms with Gasteiger partial charge in [-0.2, -0.15) is 4.59 Å². The lowest BCUT2D eigenvalue weighted by Gasteiger charge is -2.35. The number of nitrogens with zero attached hydrogens (tertiary/aromatic N) is 3. The number of likely N-dealkylation sites (N-methyl/N-ethyl adjacent to an activating group) is 1. The summed E-state index contributed by atoms with van der Waals surface area (Å²) >= 11 is 0. The minimum absolute atomic E-state index is 0.0718. The van der Waals surface area contributed by atoms with Crippen molar-refractivity contribution in [2.75, 3.05) is 39.9 Å². The second-order valence-corrected chi connectivity index (χ2v) is 9.85. The molecule has 1 unspecified atom stereocenters. The van der Waals surface area contributed by atoms with Crippen molar-refractivity contribution in [2.24, 2.45) is 5.10 Å². The first-order valence-electron chi connectivity index (χ1n) is 13.0. The average Bonchev–Trinajstić information content (AvgIpc) is 2.94. The van der Waals surface area contributed by atoms with Gasteiger partial charge >= 0.3 is 6.03 Å². The molecule has 1 aliphatic rings. The summed E-state index contributed by atoms with van der Waals surface area (Å²) < 4.78 is 5.30. The van der Waals surface area contributed by atoms with E-state index in [0.717, 1.165) is 11.1 Å². The number of aliphatic hydroxyl groups excluding tert-OH is 1. The largest absolute Gasteiger partial charge is 0.855 e. The van der Waals surface area contributed by atoms with Crippen LogP contribution in [0, 0.1) is 0 Å². The van der Waals surface area contributed by atoms with Crippen LogP contribution in [0.25, 0.3) is 0 Å². The van der Waals surface area contributed by atoms with Crippen molar-refractivity contribution in [3.63, 3.8) is 0 Å². The minimum Gasteiger partial charge on any atom is -0.855 e. The van der Waals surface area contributed by atoms with Gasteiger partial charge in [0.1, 0.15) is 19.2 Å². The molecule has 4 rings (SSSR count). The SMILES string of the molecule is C[N+](Cc1ccccc1)(C[C@H](O)[C@H](Cc1ccccc1)NC(=O)N1CCOCC1)/N=C(\[O-])c1ccccc1. The quantitative estimate of drug-likeness (QED) is 0.187. The van der Waals surface area contributed by atoms with Crippen molar-refractivity contribution < 1.29 is 24.3 Å². The summed E-state index contributed by atoms with van der Waals surface area (Å²) in [5.74, 6) is -0.354. The van der Waals surface area contributed by atoms with Gasteiger partial charge in [0, 0.05) is 18.7 Å². The van der Waals surface area contributed by atoms with Crippen LogP contribution in [-0.4, -0.2) is 78.6 Å². The van der Waals surface area contributed by atoms with Crippen molar-refractivity contribution in [2.45, 2.75) is 25.1 Å². The second kappa shape index (κ2) is 13.2. The first-order chi connectivity index (χ1) is 18.4. The number of morpholine rings is 1. The molecule has 2 N–H and O–H groups in total. The monoisotopic (exact) mass is 516 g/mol. The molecule has 0 radical (unpaired) electrons. The Morgan fingerprint density at radius 3 is 2.13 bits per heavy atom. The van der Waals surface area contributed by atoms with Crippen LogP contribution in [0.3, 0.4) is 0 Å². The van der Waals surface area contributed by atoms with Gasteiger partial charge < -0.3 is 25.2 Å². The van der Waals surface area contributed by atoms with E-state index in [4.69, 9.17) is 4.74 Å². The van der Waals surface area contributed by atoms with Crippen LogP contribution in [0.2, 0.25) is 0 Å². The Hall–Kier alpha value is -3.72. The van der Waals surface area contributed by atoms with E-state index in [1.807, 2.05) is 73.8 Å². The predicted octanol–water partition coefficient (Wildman–Crippen LogP) is 2.37. The summed E-state index contributed by atoms with van der Waals surface area (Å²) in [5.41, 5.74) is 2.47. The van der Waals surface area contributed by atoms with Crippen LogP contribution in [-0.2, 0) is 17.7 Å². The summed E-state index contributed by atoms with van der Waals surface area (Å²) in [7, 11) is 1.83. The Bertz CT molecular complexity index is 1170. The van der Waals surface area contributed by atoms with Gasteiger partial charge in [0.05, 0.1) is 32.2 Å². The normalized spacial score (nSPS) is 17.3.